The third-order valence-corrected chi connectivity index (χ3v) is 4.42. The maximum Gasteiger partial charge on any atom is 0.115 e. The standard InChI is InChI=1S/C22H32N2O.CH4O/c25-22-12-10-21(11-13-22)15-19-24-17-7-2-1-6-16-23-18-14-20-8-4-3-5-9-20;1-2/h3-5,8-13,23-25H,1-2,6-7,14-19H2;2H,1H3. The molecule has 0 spiro atoms. The van der Waals surface area contributed by atoms with Gasteiger partial charge in [-0.2, -0.15) is 0 Å². The molecule has 4 N–H and O–H groups in total. The van der Waals surface area contributed by atoms with Crippen LogP contribution in [-0.4, -0.2) is 43.5 Å². The molecule has 0 aromatic heterocycles. The van der Waals surface area contributed by atoms with Gasteiger partial charge in [-0.05, 0) is 75.1 Å². The minimum absolute atomic E-state index is 0.339. The maximum absolute atomic E-state index is 9.25. The molecule has 0 aliphatic carbocycles. The number of aliphatic hydroxyl groups is 1. The van der Waals surface area contributed by atoms with Crippen molar-refractivity contribution in [1.29, 1.82) is 0 Å². The zero-order valence-electron chi connectivity index (χ0n) is 16.7. The Morgan fingerprint density at radius 3 is 1.59 bits per heavy atom. The SMILES string of the molecule is CO.Oc1ccc(CCNCCCCCCNCCc2ccccc2)cc1. The number of phenols is 1. The van der Waals surface area contributed by atoms with Crippen LogP contribution < -0.4 is 10.6 Å². The van der Waals surface area contributed by atoms with Crippen LogP contribution in [0.2, 0.25) is 0 Å². The van der Waals surface area contributed by atoms with Crippen LogP contribution in [0, 0.1) is 0 Å². The maximum atomic E-state index is 9.25. The molecule has 0 atom stereocenters. The molecule has 2 aromatic rings. The predicted molar refractivity (Wildman–Crippen MR) is 114 cm³/mol. The van der Waals surface area contributed by atoms with Gasteiger partial charge in [0.2, 0.25) is 0 Å². The average Bonchev–Trinajstić information content (AvgIpc) is 2.72. The van der Waals surface area contributed by atoms with Gasteiger partial charge in [-0.25, -0.2) is 0 Å². The Morgan fingerprint density at radius 1 is 0.593 bits per heavy atom. The van der Waals surface area contributed by atoms with E-state index < -0.39 is 0 Å². The molecule has 27 heavy (non-hydrogen) atoms. The minimum Gasteiger partial charge on any atom is -0.508 e. The molecule has 0 unspecified atom stereocenters. The third-order valence-electron chi connectivity index (χ3n) is 4.42. The molecule has 2 rings (SSSR count). The molecular formula is C23H36N2O2. The summed E-state index contributed by atoms with van der Waals surface area (Å²) in [6, 6.07) is 18.1. The number of nitrogens with one attached hydrogen (secondary N) is 2. The lowest BCUT2D eigenvalue weighted by Gasteiger charge is -2.06. The van der Waals surface area contributed by atoms with Crippen LogP contribution in [0.4, 0.5) is 0 Å². The summed E-state index contributed by atoms with van der Waals surface area (Å²) < 4.78 is 0. The number of rotatable bonds is 13. The molecule has 0 amide bonds. The first kappa shape index (κ1) is 23.2. The van der Waals surface area contributed by atoms with Gasteiger partial charge in [0.05, 0.1) is 0 Å². The first-order valence-corrected chi connectivity index (χ1v) is 10.0. The Morgan fingerprint density at radius 2 is 1.07 bits per heavy atom. The Kier molecular flexibility index (Phi) is 14.0. The number of hydrogen-bond acceptors (Lipinski definition) is 4. The van der Waals surface area contributed by atoms with E-state index in [1.165, 1.54) is 36.8 Å². The van der Waals surface area contributed by atoms with Crippen molar-refractivity contribution < 1.29 is 10.2 Å². The fourth-order valence-electron chi connectivity index (χ4n) is 2.88. The highest BCUT2D eigenvalue weighted by atomic mass is 16.3. The average molecular weight is 373 g/mol. The lowest BCUT2D eigenvalue weighted by molar-refractivity contribution is 0.399. The first-order chi connectivity index (χ1) is 13.3. The van der Waals surface area contributed by atoms with Crippen molar-refractivity contribution in [1.82, 2.24) is 10.6 Å². The second-order valence-electron chi connectivity index (χ2n) is 6.57. The number of phenolic OH excluding ortho intramolecular Hbond substituents is 1. The number of aromatic hydroxyl groups is 1. The molecule has 0 bridgehead atoms. The van der Waals surface area contributed by atoms with Gasteiger partial charge < -0.3 is 20.8 Å². The number of unbranched alkanes of at least 4 members (excludes halogenated alkanes) is 3. The van der Waals surface area contributed by atoms with Gasteiger partial charge >= 0.3 is 0 Å². The monoisotopic (exact) mass is 372 g/mol. The molecule has 0 radical (unpaired) electrons. The van der Waals surface area contributed by atoms with Gasteiger partial charge in [0.15, 0.2) is 0 Å². The van der Waals surface area contributed by atoms with Crippen LogP contribution in [0.1, 0.15) is 36.8 Å². The minimum atomic E-state index is 0.339. The first-order valence-electron chi connectivity index (χ1n) is 10.0. The molecule has 0 saturated carbocycles. The zero-order chi connectivity index (χ0) is 19.6. The van der Waals surface area contributed by atoms with Crippen molar-refractivity contribution in [2.45, 2.75) is 38.5 Å². The summed E-state index contributed by atoms with van der Waals surface area (Å²) in [6.07, 6.45) is 7.25. The molecule has 0 aliphatic rings. The van der Waals surface area contributed by atoms with Crippen LogP contribution in [0.15, 0.2) is 54.6 Å². The molecule has 0 heterocycles. The van der Waals surface area contributed by atoms with E-state index in [0.29, 0.717) is 5.75 Å². The molecule has 2 aromatic carbocycles. The predicted octanol–water partition coefficient (Wildman–Crippen LogP) is 3.53. The van der Waals surface area contributed by atoms with Gasteiger partial charge in [-0.15, -0.1) is 0 Å². The van der Waals surface area contributed by atoms with Crippen LogP contribution in [0.5, 0.6) is 5.75 Å². The van der Waals surface area contributed by atoms with E-state index in [2.05, 4.69) is 41.0 Å². The highest BCUT2D eigenvalue weighted by Crippen LogP contribution is 2.09. The summed E-state index contributed by atoms with van der Waals surface area (Å²) >= 11 is 0. The quantitative estimate of drug-likeness (QED) is 0.406. The largest absolute Gasteiger partial charge is 0.508 e. The van der Waals surface area contributed by atoms with Gasteiger partial charge in [-0.3, -0.25) is 0 Å². The van der Waals surface area contributed by atoms with Crippen LogP contribution in [0.25, 0.3) is 0 Å². The van der Waals surface area contributed by atoms with Crippen molar-refractivity contribution in [3.05, 3.63) is 65.7 Å². The number of benzene rings is 2. The molecule has 4 heteroatoms. The molecule has 150 valence electrons. The van der Waals surface area contributed by atoms with Crippen molar-refractivity contribution >= 4 is 0 Å². The summed E-state index contributed by atoms with van der Waals surface area (Å²) in [5.74, 6) is 0.339. The van der Waals surface area contributed by atoms with E-state index in [1.807, 2.05) is 12.1 Å². The smallest absolute Gasteiger partial charge is 0.115 e. The summed E-state index contributed by atoms with van der Waals surface area (Å²) in [5, 5.41) is 23.3. The normalized spacial score (nSPS) is 10.3. The second kappa shape index (κ2) is 16.3. The Hall–Kier alpha value is -1.88. The third kappa shape index (κ3) is 12.2. The van der Waals surface area contributed by atoms with Gasteiger partial charge in [0, 0.05) is 7.11 Å². The highest BCUT2D eigenvalue weighted by molar-refractivity contribution is 5.25. The summed E-state index contributed by atoms with van der Waals surface area (Å²) in [7, 11) is 1.00. The zero-order valence-corrected chi connectivity index (χ0v) is 16.7. The van der Waals surface area contributed by atoms with E-state index in [-0.39, 0.29) is 0 Å². The summed E-state index contributed by atoms with van der Waals surface area (Å²) in [4.78, 5) is 0. The molecule has 0 saturated heterocycles. The van der Waals surface area contributed by atoms with E-state index in [0.717, 1.165) is 46.1 Å². The Balaban J connectivity index is 0.00000176. The van der Waals surface area contributed by atoms with E-state index >= 15 is 0 Å². The fourth-order valence-corrected chi connectivity index (χ4v) is 2.88. The van der Waals surface area contributed by atoms with Crippen molar-refractivity contribution in [2.24, 2.45) is 0 Å². The topological polar surface area (TPSA) is 64.5 Å². The number of hydrogen-bond donors (Lipinski definition) is 4. The summed E-state index contributed by atoms with van der Waals surface area (Å²) in [6.45, 7) is 4.30. The van der Waals surface area contributed by atoms with Crippen molar-refractivity contribution in [3.8, 4) is 5.75 Å². The van der Waals surface area contributed by atoms with Gasteiger partial charge in [-0.1, -0.05) is 55.3 Å². The van der Waals surface area contributed by atoms with Crippen LogP contribution >= 0.6 is 0 Å². The van der Waals surface area contributed by atoms with E-state index in [4.69, 9.17) is 5.11 Å². The second-order valence-corrected chi connectivity index (χ2v) is 6.57. The van der Waals surface area contributed by atoms with E-state index in [1.54, 1.807) is 12.1 Å². The molecular weight excluding hydrogens is 336 g/mol. The van der Waals surface area contributed by atoms with Crippen molar-refractivity contribution in [2.75, 3.05) is 33.3 Å². The van der Waals surface area contributed by atoms with Crippen molar-refractivity contribution in [3.63, 3.8) is 0 Å². The van der Waals surface area contributed by atoms with Crippen LogP contribution in [-0.2, 0) is 12.8 Å². The Labute approximate surface area is 164 Å². The lowest BCUT2D eigenvalue weighted by atomic mass is 10.1. The highest BCUT2D eigenvalue weighted by Gasteiger charge is 1.95. The van der Waals surface area contributed by atoms with Crippen LogP contribution in [0.3, 0.4) is 0 Å². The van der Waals surface area contributed by atoms with Gasteiger partial charge in [0.25, 0.3) is 0 Å². The molecule has 4 nitrogen and oxygen atoms in total. The molecule has 0 fully saturated rings. The van der Waals surface area contributed by atoms with E-state index in [9.17, 15) is 5.11 Å². The number of aliphatic hydroxyl groups excluding tert-OH is 1. The Bertz CT molecular complexity index is 558. The van der Waals surface area contributed by atoms with Gasteiger partial charge in [0.1, 0.15) is 5.75 Å². The molecule has 0 aliphatic heterocycles. The lowest BCUT2D eigenvalue weighted by Crippen LogP contribution is -2.19. The summed E-state index contributed by atoms with van der Waals surface area (Å²) in [5.41, 5.74) is 2.68. The fraction of sp³-hybridized carbons (Fsp3) is 0.478.